The number of rotatable bonds is 5. The maximum Gasteiger partial charge on any atom is 0.142 e. The number of methoxy groups -OCH3 is 2. The Hall–Kier alpha value is -2.23. The number of ether oxygens (including phenoxy) is 2. The van der Waals surface area contributed by atoms with Crippen LogP contribution in [-0.2, 0) is 0 Å². The molecule has 0 radical (unpaired) electrons. The van der Waals surface area contributed by atoms with Crippen molar-refractivity contribution in [3.8, 4) is 11.5 Å². The topological polar surface area (TPSA) is 30.5 Å². The summed E-state index contributed by atoms with van der Waals surface area (Å²) in [6, 6.07) is 10.6. The first kappa shape index (κ1) is 15.2. The Morgan fingerprint density at radius 1 is 1.05 bits per heavy atom. The molecule has 0 saturated heterocycles. The molecule has 0 saturated carbocycles. The van der Waals surface area contributed by atoms with E-state index in [1.54, 1.807) is 19.2 Å². The van der Waals surface area contributed by atoms with Crippen molar-refractivity contribution in [1.82, 2.24) is 0 Å². The first-order valence-corrected chi connectivity index (χ1v) is 6.79. The van der Waals surface area contributed by atoms with Gasteiger partial charge in [0, 0.05) is 11.6 Å². The second-order valence-electron chi connectivity index (χ2n) is 4.96. The summed E-state index contributed by atoms with van der Waals surface area (Å²) in [6.07, 6.45) is 0. The molecule has 4 heteroatoms. The molecule has 2 aromatic carbocycles. The second-order valence-corrected chi connectivity index (χ2v) is 4.96. The van der Waals surface area contributed by atoms with E-state index in [1.807, 2.05) is 32.0 Å². The van der Waals surface area contributed by atoms with Crippen molar-refractivity contribution < 1.29 is 13.9 Å². The Balaban J connectivity index is 2.23. The average Bonchev–Trinajstić information content (AvgIpc) is 2.48. The molecule has 0 amide bonds. The Kier molecular flexibility index (Phi) is 4.68. The molecule has 0 spiro atoms. The summed E-state index contributed by atoms with van der Waals surface area (Å²) in [5.74, 6) is 0.965. The van der Waals surface area contributed by atoms with Crippen LogP contribution in [0.2, 0.25) is 0 Å². The van der Waals surface area contributed by atoms with Gasteiger partial charge in [-0.3, -0.25) is 0 Å². The minimum absolute atomic E-state index is 0.187. The Morgan fingerprint density at radius 3 is 2.43 bits per heavy atom. The lowest BCUT2D eigenvalue weighted by molar-refractivity contribution is 0.410. The number of hydrogen-bond donors (Lipinski definition) is 1. The van der Waals surface area contributed by atoms with E-state index in [-0.39, 0.29) is 11.9 Å². The molecule has 0 aromatic heterocycles. The molecule has 21 heavy (non-hydrogen) atoms. The smallest absolute Gasteiger partial charge is 0.142 e. The van der Waals surface area contributed by atoms with Crippen LogP contribution in [0.15, 0.2) is 36.4 Å². The Labute approximate surface area is 124 Å². The van der Waals surface area contributed by atoms with Crippen LogP contribution in [0.1, 0.15) is 24.1 Å². The predicted octanol–water partition coefficient (Wildman–Crippen LogP) is 4.32. The first-order chi connectivity index (χ1) is 10.0. The summed E-state index contributed by atoms with van der Waals surface area (Å²) >= 11 is 0. The molecular weight excluding hydrogens is 269 g/mol. The van der Waals surface area contributed by atoms with Gasteiger partial charge in [-0.25, -0.2) is 4.39 Å². The number of nitrogens with one attached hydrogen (secondary N) is 1. The van der Waals surface area contributed by atoms with Crippen LogP contribution >= 0.6 is 0 Å². The number of benzene rings is 2. The van der Waals surface area contributed by atoms with E-state index >= 15 is 0 Å². The maximum absolute atomic E-state index is 14.1. The van der Waals surface area contributed by atoms with Crippen LogP contribution in [0.5, 0.6) is 11.5 Å². The zero-order chi connectivity index (χ0) is 15.4. The second kappa shape index (κ2) is 6.48. The van der Waals surface area contributed by atoms with E-state index in [4.69, 9.17) is 9.47 Å². The van der Waals surface area contributed by atoms with Crippen LogP contribution in [0.3, 0.4) is 0 Å². The molecule has 0 heterocycles. The van der Waals surface area contributed by atoms with Gasteiger partial charge in [0.2, 0.25) is 0 Å². The van der Waals surface area contributed by atoms with E-state index < -0.39 is 0 Å². The lowest BCUT2D eigenvalue weighted by atomic mass is 10.1. The van der Waals surface area contributed by atoms with Gasteiger partial charge in [0.15, 0.2) is 0 Å². The summed E-state index contributed by atoms with van der Waals surface area (Å²) in [7, 11) is 3.14. The van der Waals surface area contributed by atoms with E-state index in [1.165, 1.54) is 13.2 Å². The number of anilines is 1. The van der Waals surface area contributed by atoms with Crippen LogP contribution in [0.4, 0.5) is 10.1 Å². The van der Waals surface area contributed by atoms with Crippen molar-refractivity contribution in [2.75, 3.05) is 19.5 Å². The van der Waals surface area contributed by atoms with E-state index in [2.05, 4.69) is 5.32 Å². The highest BCUT2D eigenvalue weighted by Gasteiger charge is 2.13. The van der Waals surface area contributed by atoms with Gasteiger partial charge in [-0.2, -0.15) is 0 Å². The molecule has 1 N–H and O–H groups in total. The highest BCUT2D eigenvalue weighted by atomic mass is 19.1. The Bertz CT molecular complexity index is 628. The van der Waals surface area contributed by atoms with Crippen LogP contribution in [-0.4, -0.2) is 14.2 Å². The van der Waals surface area contributed by atoms with E-state index in [0.29, 0.717) is 11.3 Å². The lowest BCUT2D eigenvalue weighted by Gasteiger charge is -2.19. The molecule has 0 fully saturated rings. The maximum atomic E-state index is 14.1. The van der Waals surface area contributed by atoms with Gasteiger partial charge in [0.25, 0.3) is 0 Å². The third-order valence-electron chi connectivity index (χ3n) is 3.40. The van der Waals surface area contributed by atoms with Gasteiger partial charge >= 0.3 is 0 Å². The average molecular weight is 289 g/mol. The van der Waals surface area contributed by atoms with Crippen molar-refractivity contribution in [2.24, 2.45) is 0 Å². The minimum Gasteiger partial charge on any atom is -0.497 e. The molecule has 3 nitrogen and oxygen atoms in total. The molecule has 0 aliphatic heterocycles. The van der Waals surface area contributed by atoms with Crippen molar-refractivity contribution in [2.45, 2.75) is 19.9 Å². The summed E-state index contributed by atoms with van der Waals surface area (Å²) in [5.41, 5.74) is 2.53. The van der Waals surface area contributed by atoms with Crippen LogP contribution in [0, 0.1) is 12.7 Å². The molecule has 2 rings (SSSR count). The van der Waals surface area contributed by atoms with Crippen molar-refractivity contribution >= 4 is 5.69 Å². The molecule has 1 atom stereocenters. The molecular formula is C17H20FNO2. The number of aryl methyl sites for hydroxylation is 1. The summed E-state index contributed by atoms with van der Waals surface area (Å²) in [4.78, 5) is 0. The first-order valence-electron chi connectivity index (χ1n) is 6.79. The largest absolute Gasteiger partial charge is 0.497 e. The lowest BCUT2D eigenvalue weighted by Crippen LogP contribution is -2.09. The van der Waals surface area contributed by atoms with Gasteiger partial charge in [0.1, 0.15) is 17.3 Å². The van der Waals surface area contributed by atoms with Gasteiger partial charge < -0.3 is 14.8 Å². The fourth-order valence-electron chi connectivity index (χ4n) is 2.21. The molecule has 2 aromatic rings. The zero-order valence-electron chi connectivity index (χ0n) is 12.7. The monoisotopic (exact) mass is 289 g/mol. The molecule has 112 valence electrons. The third kappa shape index (κ3) is 3.45. The standard InChI is InChI=1S/C17H20FNO2/c1-11-5-8-16(17(9-11)21-4)19-12(2)14-7-6-13(20-3)10-15(14)18/h5-10,12,19H,1-4H3. The SMILES string of the molecule is COc1ccc(C(C)Nc2ccc(C)cc2OC)c(F)c1. The molecule has 0 aliphatic carbocycles. The van der Waals surface area contributed by atoms with E-state index in [9.17, 15) is 4.39 Å². The molecule has 0 aliphatic rings. The fourth-order valence-corrected chi connectivity index (χ4v) is 2.21. The Morgan fingerprint density at radius 2 is 1.81 bits per heavy atom. The summed E-state index contributed by atoms with van der Waals surface area (Å²) in [6.45, 7) is 3.91. The molecule has 1 unspecified atom stereocenters. The van der Waals surface area contributed by atoms with Gasteiger partial charge in [-0.1, -0.05) is 12.1 Å². The normalized spacial score (nSPS) is 11.9. The van der Waals surface area contributed by atoms with Crippen LogP contribution < -0.4 is 14.8 Å². The van der Waals surface area contributed by atoms with Crippen LogP contribution in [0.25, 0.3) is 0 Å². The van der Waals surface area contributed by atoms with Crippen molar-refractivity contribution in [3.63, 3.8) is 0 Å². The summed E-state index contributed by atoms with van der Waals surface area (Å²) < 4.78 is 24.5. The van der Waals surface area contributed by atoms with E-state index in [0.717, 1.165) is 17.0 Å². The zero-order valence-corrected chi connectivity index (χ0v) is 12.7. The highest BCUT2D eigenvalue weighted by molar-refractivity contribution is 5.58. The van der Waals surface area contributed by atoms with Crippen molar-refractivity contribution in [1.29, 1.82) is 0 Å². The van der Waals surface area contributed by atoms with Gasteiger partial charge in [-0.15, -0.1) is 0 Å². The number of hydrogen-bond acceptors (Lipinski definition) is 3. The quantitative estimate of drug-likeness (QED) is 0.889. The molecule has 0 bridgehead atoms. The third-order valence-corrected chi connectivity index (χ3v) is 3.40. The predicted molar refractivity (Wildman–Crippen MR) is 82.7 cm³/mol. The minimum atomic E-state index is -0.291. The number of halogens is 1. The van der Waals surface area contributed by atoms with Gasteiger partial charge in [0.05, 0.1) is 25.9 Å². The fraction of sp³-hybridized carbons (Fsp3) is 0.294. The highest BCUT2D eigenvalue weighted by Crippen LogP contribution is 2.30. The van der Waals surface area contributed by atoms with Crippen molar-refractivity contribution in [3.05, 3.63) is 53.3 Å². The van der Waals surface area contributed by atoms with Gasteiger partial charge in [-0.05, 0) is 37.6 Å². The summed E-state index contributed by atoms with van der Waals surface area (Å²) in [5, 5.41) is 3.28.